The number of aromatic nitrogens is 1. The molecule has 0 saturated heterocycles. The molecule has 1 aromatic carbocycles. The summed E-state index contributed by atoms with van der Waals surface area (Å²) < 4.78 is 6.60. The Hall–Kier alpha value is -2.34. The van der Waals surface area contributed by atoms with Gasteiger partial charge in [-0.2, -0.15) is 0 Å². The summed E-state index contributed by atoms with van der Waals surface area (Å²) in [6.45, 7) is 2.22. The third-order valence-corrected chi connectivity index (χ3v) is 3.41. The number of hydrogen-bond acceptors (Lipinski definition) is 4. The van der Waals surface area contributed by atoms with Crippen LogP contribution in [-0.4, -0.2) is 36.8 Å². The van der Waals surface area contributed by atoms with Crippen molar-refractivity contribution in [1.82, 2.24) is 9.63 Å². The minimum atomic E-state index is -0.374. The van der Waals surface area contributed by atoms with Gasteiger partial charge in [-0.05, 0) is 36.6 Å². The topological polar surface area (TPSA) is 60.8 Å². The number of rotatable bonds is 4. The third kappa shape index (κ3) is 2.62. The van der Waals surface area contributed by atoms with Crippen LogP contribution < -0.4 is 10.3 Å². The molecule has 0 bridgehead atoms. The Labute approximate surface area is 122 Å². The van der Waals surface area contributed by atoms with Crippen molar-refractivity contribution in [2.24, 2.45) is 0 Å². The molecule has 112 valence electrons. The smallest absolute Gasteiger partial charge is 0.293 e. The number of hydroxylamine groups is 2. The van der Waals surface area contributed by atoms with Crippen molar-refractivity contribution in [3.05, 3.63) is 40.3 Å². The molecular weight excluding hydrogens is 272 g/mol. The van der Waals surface area contributed by atoms with Gasteiger partial charge in [0.15, 0.2) is 0 Å². The van der Waals surface area contributed by atoms with Crippen molar-refractivity contribution in [1.29, 1.82) is 0 Å². The lowest BCUT2D eigenvalue weighted by Gasteiger charge is -2.17. The second-order valence-electron chi connectivity index (χ2n) is 4.52. The molecule has 1 aromatic heterocycles. The van der Waals surface area contributed by atoms with Crippen LogP contribution in [0.3, 0.4) is 0 Å². The van der Waals surface area contributed by atoms with Gasteiger partial charge in [0.25, 0.3) is 11.5 Å². The summed E-state index contributed by atoms with van der Waals surface area (Å²) in [5, 5.41) is 2.30. The maximum Gasteiger partial charge on any atom is 0.293 e. The predicted octanol–water partition coefficient (Wildman–Crippen LogP) is 1.66. The van der Waals surface area contributed by atoms with E-state index in [1.54, 1.807) is 31.4 Å². The lowest BCUT2D eigenvalue weighted by Crippen LogP contribution is -2.33. The number of carbonyl (C=O) groups excluding carboxylic acids is 1. The van der Waals surface area contributed by atoms with E-state index in [0.717, 1.165) is 5.06 Å². The molecule has 0 aliphatic heterocycles. The average molecular weight is 290 g/mol. The number of hydrogen-bond donors (Lipinski definition) is 0. The van der Waals surface area contributed by atoms with Crippen molar-refractivity contribution in [2.45, 2.75) is 13.5 Å². The number of pyridine rings is 1. The molecule has 0 aliphatic rings. The van der Waals surface area contributed by atoms with Crippen molar-refractivity contribution < 1.29 is 14.4 Å². The zero-order chi connectivity index (χ0) is 15.6. The molecule has 0 spiro atoms. The first-order chi connectivity index (χ1) is 10.0. The molecule has 0 aliphatic carbocycles. The molecule has 6 nitrogen and oxygen atoms in total. The number of methoxy groups -OCH3 is 1. The van der Waals surface area contributed by atoms with Crippen LogP contribution in [-0.2, 0) is 11.4 Å². The number of carbonyl (C=O) groups is 1. The summed E-state index contributed by atoms with van der Waals surface area (Å²) in [5.41, 5.74) is 0.0816. The van der Waals surface area contributed by atoms with Gasteiger partial charge in [0.05, 0.1) is 14.2 Å². The number of nitrogens with zero attached hydrogens (tertiary/aromatic N) is 2. The highest BCUT2D eigenvalue weighted by Crippen LogP contribution is 2.20. The standard InChI is InChI=1S/C15H18N2O4/c1-5-17-13(15(19)16(2)21-4)9-10-8-11(20-3)6-7-12(10)14(17)18/h6-9H,5H2,1-4H3. The molecule has 0 N–H and O–H groups in total. The highest BCUT2D eigenvalue weighted by atomic mass is 16.7. The zero-order valence-corrected chi connectivity index (χ0v) is 12.5. The first kappa shape index (κ1) is 15.1. The molecule has 6 heteroatoms. The molecular formula is C15H18N2O4. The molecule has 0 radical (unpaired) electrons. The number of ether oxygens (including phenoxy) is 1. The summed E-state index contributed by atoms with van der Waals surface area (Å²) in [7, 11) is 4.46. The van der Waals surface area contributed by atoms with E-state index in [1.807, 2.05) is 6.92 Å². The molecule has 0 unspecified atom stereocenters. The molecule has 0 atom stereocenters. The Balaban J connectivity index is 2.74. The normalized spacial score (nSPS) is 10.7. The van der Waals surface area contributed by atoms with Gasteiger partial charge in [0.1, 0.15) is 11.4 Å². The highest BCUT2D eigenvalue weighted by molar-refractivity contribution is 5.96. The van der Waals surface area contributed by atoms with Crippen LogP contribution >= 0.6 is 0 Å². The second-order valence-corrected chi connectivity index (χ2v) is 4.52. The first-order valence-electron chi connectivity index (χ1n) is 6.57. The summed E-state index contributed by atoms with van der Waals surface area (Å²) in [6, 6.07) is 6.85. The van der Waals surface area contributed by atoms with Gasteiger partial charge in [-0.3, -0.25) is 14.4 Å². The number of benzene rings is 1. The molecule has 1 amide bonds. The Bertz CT molecular complexity index is 736. The van der Waals surface area contributed by atoms with Crippen LogP contribution in [0.25, 0.3) is 10.8 Å². The van der Waals surface area contributed by atoms with Crippen LogP contribution in [0.15, 0.2) is 29.1 Å². The van der Waals surface area contributed by atoms with E-state index in [-0.39, 0.29) is 17.2 Å². The predicted molar refractivity (Wildman–Crippen MR) is 79.5 cm³/mol. The summed E-state index contributed by atoms with van der Waals surface area (Å²) >= 11 is 0. The maximum absolute atomic E-state index is 12.5. The molecule has 2 rings (SSSR count). The van der Waals surface area contributed by atoms with E-state index in [4.69, 9.17) is 9.57 Å². The summed E-state index contributed by atoms with van der Waals surface area (Å²) in [6.07, 6.45) is 0. The third-order valence-electron chi connectivity index (χ3n) is 3.41. The van der Waals surface area contributed by atoms with Crippen LogP contribution in [0.1, 0.15) is 17.4 Å². The summed E-state index contributed by atoms with van der Waals surface area (Å²) in [5.74, 6) is 0.260. The van der Waals surface area contributed by atoms with Gasteiger partial charge in [-0.1, -0.05) is 0 Å². The van der Waals surface area contributed by atoms with Crippen molar-refractivity contribution in [3.8, 4) is 5.75 Å². The minimum absolute atomic E-state index is 0.203. The van der Waals surface area contributed by atoms with E-state index >= 15 is 0 Å². The van der Waals surface area contributed by atoms with Crippen LogP contribution in [0.4, 0.5) is 0 Å². The SMILES string of the molecule is CCn1c(C(=O)N(C)OC)cc2cc(OC)ccc2c1=O. The fraction of sp³-hybridized carbons (Fsp3) is 0.333. The van der Waals surface area contributed by atoms with E-state index in [9.17, 15) is 9.59 Å². The molecule has 0 saturated carbocycles. The van der Waals surface area contributed by atoms with Gasteiger partial charge in [0, 0.05) is 19.0 Å². The minimum Gasteiger partial charge on any atom is -0.497 e. The van der Waals surface area contributed by atoms with Gasteiger partial charge in [-0.25, -0.2) is 5.06 Å². The monoisotopic (exact) mass is 290 g/mol. The lowest BCUT2D eigenvalue weighted by atomic mass is 10.1. The van der Waals surface area contributed by atoms with Crippen LogP contribution in [0, 0.1) is 0 Å². The quantitative estimate of drug-likeness (QED) is 0.804. The highest BCUT2D eigenvalue weighted by Gasteiger charge is 2.18. The van der Waals surface area contributed by atoms with Crippen LogP contribution in [0.2, 0.25) is 0 Å². The van der Waals surface area contributed by atoms with Gasteiger partial charge >= 0.3 is 0 Å². The fourth-order valence-corrected chi connectivity index (χ4v) is 2.20. The molecule has 21 heavy (non-hydrogen) atoms. The Morgan fingerprint density at radius 3 is 2.57 bits per heavy atom. The average Bonchev–Trinajstić information content (AvgIpc) is 2.52. The van der Waals surface area contributed by atoms with Gasteiger partial charge in [-0.15, -0.1) is 0 Å². The van der Waals surface area contributed by atoms with Crippen molar-refractivity contribution in [2.75, 3.05) is 21.3 Å². The van der Waals surface area contributed by atoms with Gasteiger partial charge in [0.2, 0.25) is 0 Å². The van der Waals surface area contributed by atoms with Crippen molar-refractivity contribution >= 4 is 16.7 Å². The van der Waals surface area contributed by atoms with E-state index in [1.165, 1.54) is 18.7 Å². The maximum atomic E-state index is 12.5. The molecule has 0 fully saturated rings. The van der Waals surface area contributed by atoms with E-state index in [2.05, 4.69) is 0 Å². The Kier molecular flexibility index (Phi) is 4.28. The fourth-order valence-electron chi connectivity index (χ4n) is 2.20. The zero-order valence-electron chi connectivity index (χ0n) is 12.5. The largest absolute Gasteiger partial charge is 0.497 e. The van der Waals surface area contributed by atoms with E-state index in [0.29, 0.717) is 23.1 Å². The summed E-state index contributed by atoms with van der Waals surface area (Å²) in [4.78, 5) is 29.7. The second kappa shape index (κ2) is 5.97. The Morgan fingerprint density at radius 1 is 1.29 bits per heavy atom. The number of fused-ring (bicyclic) bond motifs is 1. The Morgan fingerprint density at radius 2 is 2.00 bits per heavy atom. The molecule has 2 aromatic rings. The van der Waals surface area contributed by atoms with E-state index < -0.39 is 0 Å². The lowest BCUT2D eigenvalue weighted by molar-refractivity contribution is -0.0763. The van der Waals surface area contributed by atoms with Crippen molar-refractivity contribution in [3.63, 3.8) is 0 Å². The van der Waals surface area contributed by atoms with Gasteiger partial charge < -0.3 is 9.30 Å². The number of amides is 1. The molecule has 1 heterocycles. The van der Waals surface area contributed by atoms with Crippen LogP contribution in [0.5, 0.6) is 5.75 Å². The first-order valence-corrected chi connectivity index (χ1v) is 6.57.